The number of aromatic nitrogens is 2. The molecule has 5 nitrogen and oxygen atoms in total. The molecule has 108 valence electrons. The molecule has 1 aromatic heterocycles. The second-order valence-corrected chi connectivity index (χ2v) is 5.02. The summed E-state index contributed by atoms with van der Waals surface area (Å²) in [5.74, 6) is 2.77. The molecule has 1 N–H and O–H groups in total. The minimum Gasteiger partial charge on any atom is -0.486 e. The number of ether oxygens (including phenoxy) is 2. The van der Waals surface area contributed by atoms with Crippen LogP contribution in [0.1, 0.15) is 19.2 Å². The third-order valence-electron chi connectivity index (χ3n) is 3.54. The normalized spacial score (nSPS) is 13.9. The van der Waals surface area contributed by atoms with Crippen molar-refractivity contribution < 1.29 is 9.47 Å². The largest absolute Gasteiger partial charge is 0.486 e. The van der Waals surface area contributed by atoms with Crippen molar-refractivity contribution in [3.05, 3.63) is 18.0 Å². The molecule has 2 heterocycles. The molecule has 5 heteroatoms. The standard InChI is InChI=1S/C15H21N3O2/c1-3-6-18-12-10-14-13(19-7-8-20-14)9-11(12)17-15(18)4-5-16-2/h9-10,16H,3-8H2,1-2H3. The first-order valence-electron chi connectivity index (χ1n) is 7.27. The lowest BCUT2D eigenvalue weighted by Gasteiger charge is -2.18. The zero-order valence-electron chi connectivity index (χ0n) is 12.1. The Morgan fingerprint density at radius 2 is 2.00 bits per heavy atom. The average Bonchev–Trinajstić information content (AvgIpc) is 2.80. The fourth-order valence-corrected chi connectivity index (χ4v) is 2.61. The SMILES string of the molecule is CCCn1c(CCNC)nc2cc3c(cc21)OCCO3. The average molecular weight is 275 g/mol. The van der Waals surface area contributed by atoms with E-state index in [4.69, 9.17) is 14.5 Å². The summed E-state index contributed by atoms with van der Waals surface area (Å²) >= 11 is 0. The van der Waals surface area contributed by atoms with E-state index in [0.29, 0.717) is 13.2 Å². The maximum atomic E-state index is 5.68. The Balaban J connectivity index is 2.07. The van der Waals surface area contributed by atoms with Crippen LogP contribution in [0.4, 0.5) is 0 Å². The monoisotopic (exact) mass is 275 g/mol. The van der Waals surface area contributed by atoms with Gasteiger partial charge in [0.1, 0.15) is 19.0 Å². The Morgan fingerprint density at radius 3 is 2.70 bits per heavy atom. The van der Waals surface area contributed by atoms with Crippen LogP contribution in [0.3, 0.4) is 0 Å². The lowest BCUT2D eigenvalue weighted by molar-refractivity contribution is 0.172. The van der Waals surface area contributed by atoms with Crippen LogP contribution in [0.25, 0.3) is 11.0 Å². The van der Waals surface area contributed by atoms with Gasteiger partial charge in [-0.25, -0.2) is 4.98 Å². The Morgan fingerprint density at radius 1 is 1.25 bits per heavy atom. The Hall–Kier alpha value is -1.75. The molecule has 2 aromatic rings. The van der Waals surface area contributed by atoms with Gasteiger partial charge in [-0.15, -0.1) is 0 Å². The van der Waals surface area contributed by atoms with Gasteiger partial charge in [-0.05, 0) is 13.5 Å². The van der Waals surface area contributed by atoms with Crippen molar-refractivity contribution in [2.45, 2.75) is 26.3 Å². The molecule has 1 aliphatic rings. The van der Waals surface area contributed by atoms with Crippen LogP contribution in [-0.2, 0) is 13.0 Å². The van der Waals surface area contributed by atoms with Gasteiger partial charge in [-0.2, -0.15) is 0 Å². The van der Waals surface area contributed by atoms with Crippen LogP contribution in [0.15, 0.2) is 12.1 Å². The minimum absolute atomic E-state index is 0.612. The van der Waals surface area contributed by atoms with Crippen LogP contribution in [-0.4, -0.2) is 36.4 Å². The zero-order chi connectivity index (χ0) is 13.9. The summed E-state index contributed by atoms with van der Waals surface area (Å²) in [5.41, 5.74) is 2.14. The predicted octanol–water partition coefficient (Wildman–Crippen LogP) is 1.98. The van der Waals surface area contributed by atoms with Crippen molar-refractivity contribution in [3.63, 3.8) is 0 Å². The molecule has 0 atom stereocenters. The Bertz CT molecular complexity index is 607. The number of hydrogen-bond acceptors (Lipinski definition) is 4. The lowest BCUT2D eigenvalue weighted by Crippen LogP contribution is -2.15. The van der Waals surface area contributed by atoms with Crippen LogP contribution in [0.2, 0.25) is 0 Å². The van der Waals surface area contributed by atoms with Gasteiger partial charge in [0.15, 0.2) is 11.5 Å². The fraction of sp³-hybridized carbons (Fsp3) is 0.533. The number of hydrogen-bond donors (Lipinski definition) is 1. The van der Waals surface area contributed by atoms with E-state index in [-0.39, 0.29) is 0 Å². The first-order valence-corrected chi connectivity index (χ1v) is 7.27. The van der Waals surface area contributed by atoms with E-state index < -0.39 is 0 Å². The first kappa shape index (κ1) is 13.2. The molecule has 1 aromatic carbocycles. The topological polar surface area (TPSA) is 48.3 Å². The van der Waals surface area contributed by atoms with Crippen LogP contribution < -0.4 is 14.8 Å². The predicted molar refractivity (Wildman–Crippen MR) is 78.6 cm³/mol. The number of aryl methyl sites for hydroxylation is 1. The van der Waals surface area contributed by atoms with Crippen LogP contribution in [0.5, 0.6) is 11.5 Å². The molecule has 0 unspecified atom stereocenters. The van der Waals surface area contributed by atoms with Gasteiger partial charge in [0.2, 0.25) is 0 Å². The number of benzene rings is 1. The van der Waals surface area contributed by atoms with Gasteiger partial charge in [0.25, 0.3) is 0 Å². The maximum Gasteiger partial charge on any atom is 0.163 e. The van der Waals surface area contributed by atoms with E-state index in [1.807, 2.05) is 13.1 Å². The first-order chi connectivity index (χ1) is 9.83. The molecule has 0 bridgehead atoms. The fourth-order valence-electron chi connectivity index (χ4n) is 2.61. The van der Waals surface area contributed by atoms with Crippen LogP contribution >= 0.6 is 0 Å². The molecule has 0 amide bonds. The summed E-state index contributed by atoms with van der Waals surface area (Å²) in [5, 5.41) is 3.18. The number of likely N-dealkylation sites (N-methyl/N-ethyl adjacent to an activating group) is 1. The summed E-state index contributed by atoms with van der Waals surface area (Å²) in [4.78, 5) is 4.76. The number of rotatable bonds is 5. The molecular weight excluding hydrogens is 254 g/mol. The van der Waals surface area contributed by atoms with Gasteiger partial charge in [0.05, 0.1) is 11.0 Å². The smallest absolute Gasteiger partial charge is 0.163 e. The molecule has 1 aliphatic heterocycles. The van der Waals surface area contributed by atoms with Crippen molar-refractivity contribution in [2.75, 3.05) is 26.8 Å². The van der Waals surface area contributed by atoms with Crippen LogP contribution in [0, 0.1) is 0 Å². The molecule has 0 radical (unpaired) electrons. The molecule has 0 fully saturated rings. The van der Waals surface area contributed by atoms with Gasteiger partial charge in [-0.1, -0.05) is 6.92 Å². The number of nitrogens with one attached hydrogen (secondary N) is 1. The summed E-state index contributed by atoms with van der Waals surface area (Å²) < 4.78 is 13.6. The van der Waals surface area contributed by atoms with Gasteiger partial charge in [0, 0.05) is 31.6 Å². The summed E-state index contributed by atoms with van der Waals surface area (Å²) in [6.45, 7) is 5.33. The second kappa shape index (κ2) is 5.71. The van der Waals surface area contributed by atoms with Crippen molar-refractivity contribution in [3.8, 4) is 11.5 Å². The number of imidazole rings is 1. The summed E-state index contributed by atoms with van der Waals surface area (Å²) in [6, 6.07) is 4.06. The molecule has 0 saturated heterocycles. The van der Waals surface area contributed by atoms with E-state index in [9.17, 15) is 0 Å². The maximum absolute atomic E-state index is 5.68. The lowest BCUT2D eigenvalue weighted by atomic mass is 10.2. The van der Waals surface area contributed by atoms with E-state index in [1.165, 1.54) is 0 Å². The number of nitrogens with zero attached hydrogens (tertiary/aromatic N) is 2. The van der Waals surface area contributed by atoms with Crippen molar-refractivity contribution in [1.29, 1.82) is 0 Å². The van der Waals surface area contributed by atoms with Crippen molar-refractivity contribution in [1.82, 2.24) is 14.9 Å². The third kappa shape index (κ3) is 2.33. The molecule has 3 rings (SSSR count). The van der Waals surface area contributed by atoms with Gasteiger partial charge >= 0.3 is 0 Å². The number of fused-ring (bicyclic) bond motifs is 2. The highest BCUT2D eigenvalue weighted by molar-refractivity contribution is 5.80. The molecule has 20 heavy (non-hydrogen) atoms. The van der Waals surface area contributed by atoms with E-state index in [1.54, 1.807) is 0 Å². The zero-order valence-corrected chi connectivity index (χ0v) is 12.1. The minimum atomic E-state index is 0.612. The Labute approximate surface area is 118 Å². The van der Waals surface area contributed by atoms with E-state index >= 15 is 0 Å². The summed E-state index contributed by atoms with van der Waals surface area (Å²) in [7, 11) is 1.97. The quantitative estimate of drug-likeness (QED) is 0.906. The summed E-state index contributed by atoms with van der Waals surface area (Å²) in [6.07, 6.45) is 2.02. The highest BCUT2D eigenvalue weighted by atomic mass is 16.6. The highest BCUT2D eigenvalue weighted by Crippen LogP contribution is 2.34. The second-order valence-electron chi connectivity index (χ2n) is 5.02. The van der Waals surface area contributed by atoms with Crippen molar-refractivity contribution >= 4 is 11.0 Å². The van der Waals surface area contributed by atoms with Crippen molar-refractivity contribution in [2.24, 2.45) is 0 Å². The molecule has 0 spiro atoms. The molecule has 0 saturated carbocycles. The highest BCUT2D eigenvalue weighted by Gasteiger charge is 2.17. The molecule has 0 aliphatic carbocycles. The van der Waals surface area contributed by atoms with Gasteiger partial charge < -0.3 is 19.4 Å². The third-order valence-corrected chi connectivity index (χ3v) is 3.54. The van der Waals surface area contributed by atoms with Gasteiger partial charge in [-0.3, -0.25) is 0 Å². The molecular formula is C15H21N3O2. The Kier molecular flexibility index (Phi) is 3.78. The van der Waals surface area contributed by atoms with E-state index in [2.05, 4.69) is 22.9 Å². The van der Waals surface area contributed by atoms with E-state index in [0.717, 1.165) is 54.3 Å².